The minimum atomic E-state index is -1.79. The molecule has 0 bridgehead atoms. The Kier molecular flexibility index (Phi) is 7.53. The zero-order valence-corrected chi connectivity index (χ0v) is 15.3. The summed E-state index contributed by atoms with van der Waals surface area (Å²) in [5.41, 5.74) is 0.803. The van der Waals surface area contributed by atoms with Crippen LogP contribution in [0.4, 0.5) is 0 Å². The molecule has 2 aliphatic heterocycles. The molecule has 0 radical (unpaired) electrons. The summed E-state index contributed by atoms with van der Waals surface area (Å²) in [6, 6.07) is 9.04. The molecule has 1 aromatic rings. The molecule has 0 aromatic heterocycles. The summed E-state index contributed by atoms with van der Waals surface area (Å²) in [6.45, 7) is -0.354. The molecule has 10 atom stereocenters. The summed E-state index contributed by atoms with van der Waals surface area (Å²) in [5, 5.41) is 68.9. The average Bonchev–Trinajstić information content (AvgIpc) is 2.73. The summed E-state index contributed by atoms with van der Waals surface area (Å²) in [6.07, 6.45) is -15.5. The number of hydrogen-bond donors (Lipinski definition) is 7. The first-order valence-electron chi connectivity index (χ1n) is 9.14. The maximum atomic E-state index is 10.1. The first-order chi connectivity index (χ1) is 13.8. The number of aliphatic hydroxyl groups is 7. The predicted molar refractivity (Wildman–Crippen MR) is 92.8 cm³/mol. The Balaban J connectivity index is 1.58. The van der Waals surface area contributed by atoms with E-state index in [0.717, 1.165) is 5.56 Å². The predicted octanol–water partition coefficient (Wildman–Crippen LogP) is -3.22. The summed E-state index contributed by atoms with van der Waals surface area (Å²) in [7, 11) is 0. The molecule has 0 amide bonds. The molecule has 2 aliphatic rings. The van der Waals surface area contributed by atoms with E-state index in [0.29, 0.717) is 0 Å². The fourth-order valence-corrected chi connectivity index (χ4v) is 3.10. The van der Waals surface area contributed by atoms with Crippen LogP contribution in [0.25, 0.3) is 0 Å². The molecule has 1 aromatic carbocycles. The summed E-state index contributed by atoms with van der Waals surface area (Å²) in [5.74, 6) is 0. The molecule has 29 heavy (non-hydrogen) atoms. The summed E-state index contributed by atoms with van der Waals surface area (Å²) >= 11 is 0. The maximum Gasteiger partial charge on any atom is 0.189 e. The third-order valence-corrected chi connectivity index (χ3v) is 4.89. The van der Waals surface area contributed by atoms with Gasteiger partial charge in [0.1, 0.15) is 42.7 Å². The van der Waals surface area contributed by atoms with Crippen LogP contribution in [-0.2, 0) is 25.6 Å². The summed E-state index contributed by atoms with van der Waals surface area (Å²) in [4.78, 5) is 0. The van der Waals surface area contributed by atoms with Crippen LogP contribution in [0.1, 0.15) is 5.56 Å². The molecule has 0 aliphatic carbocycles. The van der Waals surface area contributed by atoms with Gasteiger partial charge >= 0.3 is 0 Å². The monoisotopic (exact) mass is 418 g/mol. The molecular weight excluding hydrogens is 392 g/mol. The van der Waals surface area contributed by atoms with E-state index < -0.39 is 68.2 Å². The molecule has 3 rings (SSSR count). The average molecular weight is 418 g/mol. The lowest BCUT2D eigenvalue weighted by Gasteiger charge is -2.42. The number of aliphatic hydroxyl groups excluding tert-OH is 7. The van der Waals surface area contributed by atoms with Crippen molar-refractivity contribution in [3.63, 3.8) is 0 Å². The lowest BCUT2D eigenvalue weighted by atomic mass is 9.99. The van der Waals surface area contributed by atoms with Gasteiger partial charge in [-0.05, 0) is 5.56 Å². The molecule has 0 spiro atoms. The highest BCUT2D eigenvalue weighted by atomic mass is 16.8. The van der Waals surface area contributed by atoms with Crippen LogP contribution in [0.5, 0.6) is 0 Å². The quantitative estimate of drug-likeness (QED) is 0.247. The van der Waals surface area contributed by atoms with Crippen LogP contribution in [0.2, 0.25) is 0 Å². The Morgan fingerprint density at radius 2 is 1.24 bits per heavy atom. The standard InChI is InChI=1S/C18H26O11/c19-10-9(7-27-18-15(24)12(21)13(22)16(25)29-18)28-17(14(23)11(10)20)26-6-8-4-2-1-3-5-8/h1-5,9-25H,6-7H2. The van der Waals surface area contributed by atoms with Crippen LogP contribution in [-0.4, -0.2) is 104 Å². The van der Waals surface area contributed by atoms with Gasteiger partial charge < -0.3 is 54.7 Å². The van der Waals surface area contributed by atoms with Crippen LogP contribution < -0.4 is 0 Å². The van der Waals surface area contributed by atoms with Crippen molar-refractivity contribution < 1.29 is 54.7 Å². The van der Waals surface area contributed by atoms with E-state index in [1.807, 2.05) is 6.07 Å². The second-order valence-electron chi connectivity index (χ2n) is 7.01. The van der Waals surface area contributed by atoms with Crippen LogP contribution >= 0.6 is 0 Å². The Bertz CT molecular complexity index is 631. The van der Waals surface area contributed by atoms with Gasteiger partial charge in [-0.25, -0.2) is 0 Å². The molecule has 164 valence electrons. The van der Waals surface area contributed by atoms with Crippen molar-refractivity contribution in [1.82, 2.24) is 0 Å². The third kappa shape index (κ3) is 5.10. The van der Waals surface area contributed by atoms with Gasteiger partial charge in [0.15, 0.2) is 18.9 Å². The largest absolute Gasteiger partial charge is 0.387 e. The van der Waals surface area contributed by atoms with Gasteiger partial charge in [-0.2, -0.15) is 0 Å². The number of rotatable bonds is 6. The number of benzene rings is 1. The third-order valence-electron chi connectivity index (χ3n) is 4.89. The van der Waals surface area contributed by atoms with Gasteiger partial charge in [0, 0.05) is 0 Å². The van der Waals surface area contributed by atoms with Crippen LogP contribution in [0.15, 0.2) is 30.3 Å². The van der Waals surface area contributed by atoms with Crippen molar-refractivity contribution in [2.24, 2.45) is 0 Å². The molecule has 10 unspecified atom stereocenters. The first kappa shape index (κ1) is 22.5. The van der Waals surface area contributed by atoms with Crippen LogP contribution in [0, 0.1) is 0 Å². The van der Waals surface area contributed by atoms with Gasteiger partial charge in [0.2, 0.25) is 0 Å². The van der Waals surface area contributed by atoms with Crippen molar-refractivity contribution >= 4 is 0 Å². The topological polar surface area (TPSA) is 179 Å². The van der Waals surface area contributed by atoms with Crippen LogP contribution in [0.3, 0.4) is 0 Å². The number of hydrogen-bond acceptors (Lipinski definition) is 11. The second-order valence-corrected chi connectivity index (χ2v) is 7.01. The highest BCUT2D eigenvalue weighted by Crippen LogP contribution is 2.25. The van der Waals surface area contributed by atoms with Gasteiger partial charge in [-0.3, -0.25) is 0 Å². The van der Waals surface area contributed by atoms with Crippen molar-refractivity contribution in [2.75, 3.05) is 6.61 Å². The van der Waals surface area contributed by atoms with E-state index in [9.17, 15) is 35.7 Å². The normalized spacial score (nSPS) is 43.3. The Hall–Kier alpha value is -1.22. The molecule has 11 heteroatoms. The van der Waals surface area contributed by atoms with E-state index >= 15 is 0 Å². The maximum absolute atomic E-state index is 10.1. The SMILES string of the molecule is OC1OC(OCC2OC(OCc3ccccc3)C(O)C(O)C2O)C(O)C(O)C1O. The fourth-order valence-electron chi connectivity index (χ4n) is 3.10. The lowest BCUT2D eigenvalue weighted by Crippen LogP contribution is -2.61. The van der Waals surface area contributed by atoms with Gasteiger partial charge in [-0.15, -0.1) is 0 Å². The molecule has 7 N–H and O–H groups in total. The van der Waals surface area contributed by atoms with E-state index in [-0.39, 0.29) is 6.61 Å². The zero-order chi connectivity index (χ0) is 21.1. The lowest BCUT2D eigenvalue weighted by molar-refractivity contribution is -0.354. The van der Waals surface area contributed by atoms with E-state index in [4.69, 9.17) is 18.9 Å². The highest BCUT2D eigenvalue weighted by Gasteiger charge is 2.47. The minimum absolute atomic E-state index is 0.0830. The van der Waals surface area contributed by atoms with E-state index in [2.05, 4.69) is 0 Å². The molecular formula is C18H26O11. The first-order valence-corrected chi connectivity index (χ1v) is 9.14. The molecule has 2 heterocycles. The van der Waals surface area contributed by atoms with Crippen molar-refractivity contribution in [1.29, 1.82) is 0 Å². The Morgan fingerprint density at radius 1 is 0.655 bits per heavy atom. The number of ether oxygens (including phenoxy) is 4. The smallest absolute Gasteiger partial charge is 0.189 e. The minimum Gasteiger partial charge on any atom is -0.387 e. The fraction of sp³-hybridized carbons (Fsp3) is 0.667. The summed E-state index contributed by atoms with van der Waals surface area (Å²) < 4.78 is 21.1. The Morgan fingerprint density at radius 3 is 1.90 bits per heavy atom. The molecule has 2 saturated heterocycles. The van der Waals surface area contributed by atoms with E-state index in [1.54, 1.807) is 24.3 Å². The van der Waals surface area contributed by atoms with Crippen molar-refractivity contribution in [3.05, 3.63) is 35.9 Å². The molecule has 0 saturated carbocycles. The van der Waals surface area contributed by atoms with Crippen molar-refractivity contribution in [3.8, 4) is 0 Å². The van der Waals surface area contributed by atoms with Crippen molar-refractivity contribution in [2.45, 2.75) is 68.2 Å². The van der Waals surface area contributed by atoms with Gasteiger partial charge in [-0.1, -0.05) is 30.3 Å². The molecule has 2 fully saturated rings. The second kappa shape index (κ2) is 9.73. The van der Waals surface area contributed by atoms with Gasteiger partial charge in [0.25, 0.3) is 0 Å². The zero-order valence-electron chi connectivity index (χ0n) is 15.3. The van der Waals surface area contributed by atoms with E-state index in [1.165, 1.54) is 0 Å². The highest BCUT2D eigenvalue weighted by molar-refractivity contribution is 5.13. The molecule has 11 nitrogen and oxygen atoms in total. The Labute approximate surface area is 166 Å². The van der Waals surface area contributed by atoms with Gasteiger partial charge in [0.05, 0.1) is 13.2 Å².